The molecule has 4 aromatic rings. The number of fused-ring (bicyclic) bond motifs is 1. The average molecular weight is 755 g/mol. The summed E-state index contributed by atoms with van der Waals surface area (Å²) in [5, 5.41) is 11.7. The van der Waals surface area contributed by atoms with Gasteiger partial charge in [-0.15, -0.1) is 10.2 Å². The van der Waals surface area contributed by atoms with Gasteiger partial charge in [-0.25, -0.2) is 14.1 Å². The van der Waals surface area contributed by atoms with E-state index in [4.69, 9.17) is 17.8 Å². The number of carbonyl (C=O) groups is 2. The van der Waals surface area contributed by atoms with Crippen molar-refractivity contribution in [1.29, 1.82) is 0 Å². The first kappa shape index (κ1) is 37.5. The number of nitrogens with one attached hydrogen (secondary N) is 3. The summed E-state index contributed by atoms with van der Waals surface area (Å²) < 4.78 is 56.6. The number of ether oxygens (including phenoxy) is 2. The maximum Gasteiger partial charge on any atom is 0.338 e. The molecule has 2 aromatic carbocycles. The lowest BCUT2D eigenvalue weighted by Crippen LogP contribution is -2.26. The largest absolute Gasteiger partial charge is 0.459 e. The van der Waals surface area contributed by atoms with Crippen molar-refractivity contribution >= 4 is 45.8 Å². The van der Waals surface area contributed by atoms with Gasteiger partial charge >= 0.3 is 23.2 Å². The Morgan fingerprint density at radius 3 is 2.02 bits per heavy atom. The fraction of sp³-hybridized carbons (Fsp3) is 0.500. The second kappa shape index (κ2) is 17.0. The van der Waals surface area contributed by atoms with Gasteiger partial charge in [-0.2, -0.15) is 13.1 Å². The van der Waals surface area contributed by atoms with Gasteiger partial charge in [0.25, 0.3) is 11.3 Å². The van der Waals surface area contributed by atoms with Crippen molar-refractivity contribution < 1.29 is 35.8 Å². The predicted molar refractivity (Wildman–Crippen MR) is 196 cm³/mol. The first-order valence-electron chi connectivity index (χ1n) is 17.9. The highest BCUT2D eigenvalue weighted by Crippen LogP contribution is 2.28. The van der Waals surface area contributed by atoms with E-state index in [1.165, 1.54) is 18.2 Å². The molecule has 52 heavy (non-hydrogen) atoms. The highest BCUT2D eigenvalue weighted by molar-refractivity contribution is 7.82. The zero-order valence-electron chi connectivity index (χ0n) is 29.8. The maximum atomic E-state index is 13.2. The molecule has 3 atom stereocenters. The Labute approximate surface area is 308 Å². The van der Waals surface area contributed by atoms with Crippen LogP contribution >= 0.6 is 0 Å². The third-order valence-corrected chi connectivity index (χ3v) is 10.9. The smallest absolute Gasteiger partial charge is 0.338 e. The number of aromatic amines is 1. The lowest BCUT2D eigenvalue weighted by atomic mass is 9.97. The summed E-state index contributed by atoms with van der Waals surface area (Å²) in [7, 11) is 0. The summed E-state index contributed by atoms with van der Waals surface area (Å²) in [5.74, 6) is -0.0659. The quantitative estimate of drug-likeness (QED) is 0.116. The summed E-state index contributed by atoms with van der Waals surface area (Å²) in [6.07, 6.45) is 8.93. The standard InChI is InChI=1S/C36H46N6O8S2/c1-22(2)31-21-33-37-38-34(42(33)39-31)24(4)40-51(45)50-32-20-27(16-15-23(32)3)41-52(46)49-30-18-25(35(43)47-28-11-7-5-8-12-28)17-26(19-30)36(44)48-29-13-9-6-10-14-29/h15-22,24,28-29,39-41H,5-14H2,1-4H3. The lowest BCUT2D eigenvalue weighted by Gasteiger charge is -2.23. The second-order valence-electron chi connectivity index (χ2n) is 13.8. The molecule has 0 bridgehead atoms. The van der Waals surface area contributed by atoms with Gasteiger partial charge in [0.2, 0.25) is 0 Å². The molecule has 0 spiro atoms. The SMILES string of the molecule is Cc1ccc(NS(=O)Oc2cc(C(=O)OC3CCCCC3)cc(C(=O)OC3CCCCC3)c2)cc1OS(=O)NC(C)c1nnc2cc(C(C)C)[nH]n12. The molecule has 14 nitrogen and oxygen atoms in total. The van der Waals surface area contributed by atoms with Gasteiger partial charge in [0.15, 0.2) is 11.5 Å². The summed E-state index contributed by atoms with van der Waals surface area (Å²) in [6, 6.07) is 10.6. The van der Waals surface area contributed by atoms with Crippen molar-refractivity contribution in [2.24, 2.45) is 0 Å². The summed E-state index contributed by atoms with van der Waals surface area (Å²) in [4.78, 5) is 26.4. The molecular weight excluding hydrogens is 709 g/mol. The van der Waals surface area contributed by atoms with Crippen molar-refractivity contribution in [3.8, 4) is 11.5 Å². The molecule has 0 radical (unpaired) electrons. The molecule has 0 aliphatic heterocycles. The minimum atomic E-state index is -2.17. The van der Waals surface area contributed by atoms with E-state index in [9.17, 15) is 18.0 Å². The number of aryl methyl sites for hydroxylation is 1. The van der Waals surface area contributed by atoms with Crippen LogP contribution in [0.2, 0.25) is 0 Å². The number of nitrogens with zero attached hydrogens (tertiary/aromatic N) is 3. The monoisotopic (exact) mass is 754 g/mol. The van der Waals surface area contributed by atoms with Gasteiger partial charge in [0.1, 0.15) is 23.7 Å². The molecule has 2 fully saturated rings. The van der Waals surface area contributed by atoms with Gasteiger partial charge in [-0.1, -0.05) is 32.8 Å². The van der Waals surface area contributed by atoms with Crippen molar-refractivity contribution in [2.75, 3.05) is 4.72 Å². The summed E-state index contributed by atoms with van der Waals surface area (Å²) >= 11 is -4.15. The topological polar surface area (TPSA) is 175 Å². The Kier molecular flexibility index (Phi) is 12.3. The molecule has 0 amide bonds. The van der Waals surface area contributed by atoms with E-state index in [2.05, 4.69) is 38.6 Å². The second-order valence-corrected chi connectivity index (χ2v) is 15.5. The van der Waals surface area contributed by atoms with Crippen LogP contribution in [-0.2, 0) is 32.0 Å². The number of hydrogen-bond donors (Lipinski definition) is 3. The van der Waals surface area contributed by atoms with E-state index >= 15 is 0 Å². The van der Waals surface area contributed by atoms with Crippen LogP contribution in [-0.4, -0.2) is 52.4 Å². The number of hydrogen-bond acceptors (Lipinski definition) is 10. The van der Waals surface area contributed by atoms with Crippen LogP contribution in [0.1, 0.15) is 135 Å². The van der Waals surface area contributed by atoms with Crippen LogP contribution in [0.4, 0.5) is 5.69 Å². The Hall–Kier alpha value is -4.28. The highest BCUT2D eigenvalue weighted by Gasteiger charge is 2.25. The van der Waals surface area contributed by atoms with E-state index < -0.39 is 40.5 Å². The number of H-pyrrole nitrogens is 1. The maximum absolute atomic E-state index is 13.2. The molecule has 2 aromatic heterocycles. The summed E-state index contributed by atoms with van der Waals surface area (Å²) in [5.41, 5.74) is 2.90. The van der Waals surface area contributed by atoms with Gasteiger partial charge in [-0.05, 0) is 101 Å². The molecule has 2 heterocycles. The van der Waals surface area contributed by atoms with Crippen LogP contribution in [0.15, 0.2) is 42.5 Å². The molecule has 16 heteroatoms. The molecule has 2 aliphatic rings. The average Bonchev–Trinajstić information content (AvgIpc) is 3.72. The first-order valence-corrected chi connectivity index (χ1v) is 20.0. The molecule has 3 unspecified atom stereocenters. The molecule has 2 aliphatic carbocycles. The number of anilines is 1. The third-order valence-electron chi connectivity index (χ3n) is 9.28. The molecule has 6 rings (SSSR count). The van der Waals surface area contributed by atoms with E-state index in [0.717, 1.165) is 69.9 Å². The van der Waals surface area contributed by atoms with Gasteiger partial charge < -0.3 is 17.8 Å². The van der Waals surface area contributed by atoms with Gasteiger partial charge in [-0.3, -0.25) is 9.82 Å². The van der Waals surface area contributed by atoms with E-state index in [1.54, 1.807) is 36.6 Å². The van der Waals surface area contributed by atoms with Crippen molar-refractivity contribution in [3.63, 3.8) is 0 Å². The number of rotatable bonds is 14. The Balaban J connectivity index is 1.12. The van der Waals surface area contributed by atoms with Crippen LogP contribution in [0, 0.1) is 6.92 Å². The minimum absolute atomic E-state index is 0.0209. The summed E-state index contributed by atoms with van der Waals surface area (Å²) in [6.45, 7) is 7.71. The normalized spacial score (nSPS) is 17.4. The van der Waals surface area contributed by atoms with Crippen molar-refractivity contribution in [2.45, 2.75) is 116 Å². The fourth-order valence-corrected chi connectivity index (χ4v) is 7.76. The Morgan fingerprint density at radius 1 is 0.808 bits per heavy atom. The molecule has 280 valence electrons. The minimum Gasteiger partial charge on any atom is -0.459 e. The lowest BCUT2D eigenvalue weighted by molar-refractivity contribution is 0.0209. The fourth-order valence-electron chi connectivity index (χ4n) is 6.34. The van der Waals surface area contributed by atoms with E-state index in [1.807, 2.05) is 6.07 Å². The third kappa shape index (κ3) is 9.58. The molecular formula is C36H46N6O8S2. The van der Waals surface area contributed by atoms with Gasteiger partial charge in [0.05, 0.1) is 22.9 Å². The molecule has 2 saturated carbocycles. The zero-order valence-corrected chi connectivity index (χ0v) is 31.5. The number of aromatic nitrogens is 4. The van der Waals surface area contributed by atoms with Crippen LogP contribution < -0.4 is 17.8 Å². The van der Waals surface area contributed by atoms with Crippen LogP contribution in [0.5, 0.6) is 11.5 Å². The Morgan fingerprint density at radius 2 is 1.42 bits per heavy atom. The number of carbonyl (C=O) groups excluding carboxylic acids is 2. The predicted octanol–water partition coefficient (Wildman–Crippen LogP) is 6.85. The first-order chi connectivity index (χ1) is 25.0. The highest BCUT2D eigenvalue weighted by atomic mass is 32.2. The van der Waals surface area contributed by atoms with E-state index in [0.29, 0.717) is 22.7 Å². The van der Waals surface area contributed by atoms with E-state index in [-0.39, 0.29) is 40.8 Å². The van der Waals surface area contributed by atoms with Crippen molar-refractivity contribution in [3.05, 3.63) is 70.7 Å². The molecule has 3 N–H and O–H groups in total. The van der Waals surface area contributed by atoms with Crippen molar-refractivity contribution in [1.82, 2.24) is 24.5 Å². The number of benzene rings is 2. The van der Waals surface area contributed by atoms with Gasteiger partial charge in [0, 0.05) is 17.8 Å². The number of esters is 2. The Bertz CT molecular complexity index is 1880. The zero-order chi connectivity index (χ0) is 36.8. The molecule has 0 saturated heterocycles. The van der Waals surface area contributed by atoms with Crippen LogP contribution in [0.3, 0.4) is 0 Å². The van der Waals surface area contributed by atoms with Crippen LogP contribution in [0.25, 0.3) is 5.65 Å².